The molecule has 0 aliphatic heterocycles. The molecule has 0 radical (unpaired) electrons. The van der Waals surface area contributed by atoms with Gasteiger partial charge in [0.05, 0.1) is 5.41 Å². The molecule has 62 heavy (non-hydrogen) atoms. The lowest BCUT2D eigenvalue weighted by molar-refractivity contribution is 0.670. The number of para-hydroxylation sites is 2. The van der Waals surface area contributed by atoms with E-state index in [1.807, 2.05) is 36.4 Å². The fraction of sp³-hybridized carbons (Fsp3) is 0.0172. The number of rotatable bonds is 5. The van der Waals surface area contributed by atoms with Gasteiger partial charge in [-0.1, -0.05) is 200 Å². The number of fused-ring (bicyclic) bond motifs is 13. The fourth-order valence-corrected chi connectivity index (χ4v) is 10.4. The average molecular weight is 790 g/mol. The van der Waals surface area contributed by atoms with Crippen molar-refractivity contribution in [2.24, 2.45) is 0 Å². The zero-order chi connectivity index (χ0) is 40.8. The van der Waals surface area contributed by atoms with Crippen molar-refractivity contribution in [2.45, 2.75) is 5.41 Å². The summed E-state index contributed by atoms with van der Waals surface area (Å²) in [6.45, 7) is 0. The van der Waals surface area contributed by atoms with Crippen molar-refractivity contribution >= 4 is 21.9 Å². The van der Waals surface area contributed by atoms with Crippen molar-refractivity contribution in [2.75, 3.05) is 0 Å². The third-order valence-electron chi connectivity index (χ3n) is 13.0. The number of benzene rings is 9. The van der Waals surface area contributed by atoms with Crippen LogP contribution in [0.15, 0.2) is 217 Å². The van der Waals surface area contributed by atoms with Crippen LogP contribution >= 0.6 is 0 Å². The van der Waals surface area contributed by atoms with Crippen LogP contribution < -0.4 is 0 Å². The predicted molar refractivity (Wildman–Crippen MR) is 251 cm³/mol. The second kappa shape index (κ2) is 13.4. The first-order valence-corrected chi connectivity index (χ1v) is 21.1. The molecule has 13 rings (SSSR count). The zero-order valence-corrected chi connectivity index (χ0v) is 33.5. The summed E-state index contributed by atoms with van der Waals surface area (Å²) in [6.07, 6.45) is 0. The second-order valence-corrected chi connectivity index (χ2v) is 16.2. The first kappa shape index (κ1) is 34.6. The molecule has 0 amide bonds. The smallest absolute Gasteiger partial charge is 0.164 e. The van der Waals surface area contributed by atoms with E-state index >= 15 is 0 Å². The number of hydrogen-bond donors (Lipinski definition) is 0. The van der Waals surface area contributed by atoms with Crippen LogP contribution in [0.5, 0.6) is 0 Å². The van der Waals surface area contributed by atoms with Gasteiger partial charge in [-0.2, -0.15) is 0 Å². The molecular formula is C58H35N3O. The van der Waals surface area contributed by atoms with E-state index in [4.69, 9.17) is 19.4 Å². The zero-order valence-electron chi connectivity index (χ0n) is 33.5. The molecule has 11 aromatic rings. The number of nitrogens with zero attached hydrogens (tertiary/aromatic N) is 3. The number of aromatic nitrogens is 3. The van der Waals surface area contributed by atoms with Gasteiger partial charge in [0.1, 0.15) is 11.2 Å². The molecule has 4 heteroatoms. The van der Waals surface area contributed by atoms with Crippen LogP contribution in [0.3, 0.4) is 0 Å². The van der Waals surface area contributed by atoms with Gasteiger partial charge in [-0.25, -0.2) is 15.0 Å². The maximum atomic E-state index is 6.54. The van der Waals surface area contributed by atoms with Gasteiger partial charge < -0.3 is 4.42 Å². The highest BCUT2D eigenvalue weighted by atomic mass is 16.3. The van der Waals surface area contributed by atoms with E-state index in [1.54, 1.807) is 0 Å². The minimum atomic E-state index is -0.416. The summed E-state index contributed by atoms with van der Waals surface area (Å²) < 4.78 is 6.54. The highest BCUT2D eigenvalue weighted by molar-refractivity contribution is 6.10. The van der Waals surface area contributed by atoms with Gasteiger partial charge >= 0.3 is 0 Å². The average Bonchev–Trinajstić information content (AvgIpc) is 3.99. The van der Waals surface area contributed by atoms with E-state index in [-0.39, 0.29) is 0 Å². The largest absolute Gasteiger partial charge is 0.455 e. The van der Waals surface area contributed by atoms with Crippen LogP contribution in [-0.2, 0) is 5.41 Å². The fourth-order valence-electron chi connectivity index (χ4n) is 10.4. The Bertz CT molecular complexity index is 3560. The van der Waals surface area contributed by atoms with E-state index in [1.165, 1.54) is 50.1 Å². The van der Waals surface area contributed by atoms with Crippen molar-refractivity contribution in [3.63, 3.8) is 0 Å². The van der Waals surface area contributed by atoms with Gasteiger partial charge in [-0.3, -0.25) is 0 Å². The second-order valence-electron chi connectivity index (χ2n) is 16.2. The van der Waals surface area contributed by atoms with Crippen molar-refractivity contribution in [1.29, 1.82) is 0 Å². The Labute approximate surface area is 358 Å². The summed E-state index contributed by atoms with van der Waals surface area (Å²) >= 11 is 0. The third-order valence-corrected chi connectivity index (χ3v) is 13.0. The van der Waals surface area contributed by atoms with Crippen molar-refractivity contribution in [1.82, 2.24) is 15.0 Å². The van der Waals surface area contributed by atoms with Crippen LogP contribution in [0.1, 0.15) is 22.3 Å². The lowest BCUT2D eigenvalue weighted by Gasteiger charge is -2.30. The van der Waals surface area contributed by atoms with Crippen LogP contribution in [-0.4, -0.2) is 15.0 Å². The lowest BCUT2D eigenvalue weighted by atomic mass is 9.70. The summed E-state index contributed by atoms with van der Waals surface area (Å²) in [5.41, 5.74) is 18.7. The Morgan fingerprint density at radius 1 is 0.306 bits per heavy atom. The summed E-state index contributed by atoms with van der Waals surface area (Å²) in [7, 11) is 0. The molecule has 0 saturated heterocycles. The highest BCUT2D eigenvalue weighted by Crippen LogP contribution is 2.64. The Kier molecular flexibility index (Phi) is 7.49. The molecule has 2 heterocycles. The molecular weight excluding hydrogens is 755 g/mol. The maximum absolute atomic E-state index is 6.54. The van der Waals surface area contributed by atoms with Crippen LogP contribution in [0.2, 0.25) is 0 Å². The molecule has 1 spiro atoms. The van der Waals surface area contributed by atoms with Gasteiger partial charge in [0.25, 0.3) is 0 Å². The number of hydrogen-bond acceptors (Lipinski definition) is 4. The van der Waals surface area contributed by atoms with E-state index in [0.717, 1.165) is 55.3 Å². The van der Waals surface area contributed by atoms with Crippen LogP contribution in [0.4, 0.5) is 0 Å². The number of furan rings is 1. The molecule has 2 aliphatic rings. The van der Waals surface area contributed by atoms with E-state index in [0.29, 0.717) is 17.5 Å². The minimum absolute atomic E-state index is 0.416. The standard InChI is InChI=1S/C58H35N3O/c1-2-17-36(18-3-1)55-59-56(61-57(60-55)46-25-5-4-21-40(46)44-28-15-29-45-43-24-9-13-34-52(43)62-54(44)45)38-20-14-19-37(35-38)39-27-16-33-51-53(39)47-26-8-12-32-50(47)58(51)48-30-10-6-22-41(48)42-23-7-11-31-49(42)58/h1-35H. The van der Waals surface area contributed by atoms with Crippen molar-refractivity contribution in [3.05, 3.63) is 235 Å². The van der Waals surface area contributed by atoms with Gasteiger partial charge in [0, 0.05) is 33.0 Å². The van der Waals surface area contributed by atoms with Gasteiger partial charge in [-0.15, -0.1) is 0 Å². The van der Waals surface area contributed by atoms with Gasteiger partial charge in [0.15, 0.2) is 17.5 Å². The lowest BCUT2D eigenvalue weighted by Crippen LogP contribution is -2.25. The summed E-state index contributed by atoms with van der Waals surface area (Å²) in [5.74, 6) is 1.82. The monoisotopic (exact) mass is 789 g/mol. The molecule has 0 saturated carbocycles. The molecule has 2 aromatic heterocycles. The summed E-state index contributed by atoms with van der Waals surface area (Å²) in [4.78, 5) is 15.7. The Balaban J connectivity index is 0.997. The molecule has 2 aliphatic carbocycles. The van der Waals surface area contributed by atoms with Gasteiger partial charge in [-0.05, 0) is 73.3 Å². The third kappa shape index (κ3) is 4.92. The Morgan fingerprint density at radius 2 is 0.790 bits per heavy atom. The summed E-state index contributed by atoms with van der Waals surface area (Å²) in [6, 6.07) is 75.5. The van der Waals surface area contributed by atoms with E-state index in [2.05, 4.69) is 176 Å². The molecule has 9 aromatic carbocycles. The topological polar surface area (TPSA) is 51.8 Å². The Hall–Kier alpha value is -8.21. The molecule has 0 N–H and O–H groups in total. The summed E-state index contributed by atoms with van der Waals surface area (Å²) in [5, 5.41) is 2.17. The molecule has 4 nitrogen and oxygen atoms in total. The SMILES string of the molecule is c1ccc(-c2nc(-c3cccc(-c4cccc5c4-c4ccccc4C54c5ccccc5-c5ccccc54)c3)nc(-c3ccccc3-c3cccc4c3oc3ccccc34)n2)cc1. The van der Waals surface area contributed by atoms with Crippen molar-refractivity contribution < 1.29 is 4.42 Å². The highest BCUT2D eigenvalue weighted by Gasteiger charge is 2.51. The molecule has 0 bridgehead atoms. The van der Waals surface area contributed by atoms with Gasteiger partial charge in [0.2, 0.25) is 0 Å². The molecule has 0 fully saturated rings. The molecule has 0 unspecified atom stereocenters. The van der Waals surface area contributed by atoms with Crippen molar-refractivity contribution in [3.8, 4) is 78.7 Å². The quantitative estimate of drug-likeness (QED) is 0.174. The maximum Gasteiger partial charge on any atom is 0.164 e. The molecule has 288 valence electrons. The predicted octanol–water partition coefficient (Wildman–Crippen LogP) is 14.4. The first-order chi connectivity index (χ1) is 30.8. The normalized spacial score (nSPS) is 13.0. The van der Waals surface area contributed by atoms with E-state index in [9.17, 15) is 0 Å². The Morgan fingerprint density at radius 3 is 1.56 bits per heavy atom. The van der Waals surface area contributed by atoms with Crippen LogP contribution in [0.25, 0.3) is 101 Å². The molecule has 0 atom stereocenters. The van der Waals surface area contributed by atoms with E-state index < -0.39 is 5.41 Å². The van der Waals surface area contributed by atoms with Crippen LogP contribution in [0, 0.1) is 0 Å². The minimum Gasteiger partial charge on any atom is -0.455 e. The first-order valence-electron chi connectivity index (χ1n) is 21.1.